The molecule has 7 nitrogen and oxygen atoms in total. The van der Waals surface area contributed by atoms with Gasteiger partial charge in [0.25, 0.3) is 0 Å². The minimum Gasteiger partial charge on any atom is -0.430 e. The Bertz CT molecular complexity index is 470. The first-order valence-corrected chi connectivity index (χ1v) is 7.56. The molecule has 0 aliphatic rings. The highest BCUT2D eigenvalue weighted by atomic mass is 17.5. The molecule has 0 aliphatic carbocycles. The fourth-order valence-electron chi connectivity index (χ4n) is 1.67. The van der Waals surface area contributed by atoms with Crippen molar-refractivity contribution in [1.29, 1.82) is 0 Å². The number of aryl methyl sites for hydroxylation is 1. The van der Waals surface area contributed by atoms with E-state index in [1.54, 1.807) is 12.1 Å². The van der Waals surface area contributed by atoms with E-state index >= 15 is 0 Å². The normalized spacial score (nSPS) is 10.2. The Hall–Kier alpha value is -2.12. The van der Waals surface area contributed by atoms with Crippen LogP contribution < -0.4 is 0 Å². The fourth-order valence-corrected chi connectivity index (χ4v) is 1.67. The van der Waals surface area contributed by atoms with Crippen LogP contribution in [0, 0.1) is 0 Å². The molecular weight excluding hydrogens is 304 g/mol. The summed E-state index contributed by atoms with van der Waals surface area (Å²) in [5.41, 5.74) is 1.41. The lowest BCUT2D eigenvalue weighted by atomic mass is 10.1. The molecule has 0 radical (unpaired) electrons. The highest BCUT2D eigenvalue weighted by Crippen LogP contribution is 2.08. The van der Waals surface area contributed by atoms with Gasteiger partial charge in [-0.1, -0.05) is 32.4 Å². The second-order valence-electron chi connectivity index (χ2n) is 4.68. The van der Waals surface area contributed by atoms with Crippen LogP contribution in [0.4, 0.5) is 4.79 Å². The monoisotopic (exact) mass is 326 g/mol. The van der Waals surface area contributed by atoms with E-state index in [1.807, 2.05) is 19.1 Å². The van der Waals surface area contributed by atoms with E-state index in [0.29, 0.717) is 6.61 Å². The Kier molecular flexibility index (Phi) is 9.42. The lowest BCUT2D eigenvalue weighted by molar-refractivity contribution is -0.452. The Labute approximate surface area is 135 Å². The highest BCUT2D eigenvalue weighted by Gasteiger charge is 2.12. The average Bonchev–Trinajstić information content (AvgIpc) is 2.55. The van der Waals surface area contributed by atoms with Crippen LogP contribution in [-0.4, -0.2) is 31.9 Å². The molecule has 0 N–H and O–H groups in total. The molecule has 23 heavy (non-hydrogen) atoms. The molecule has 0 aromatic heterocycles. The summed E-state index contributed by atoms with van der Waals surface area (Å²) >= 11 is 0. The molecule has 0 fully saturated rings. The molecule has 1 aromatic rings. The van der Waals surface area contributed by atoms with E-state index < -0.39 is 12.1 Å². The van der Waals surface area contributed by atoms with Crippen molar-refractivity contribution in [1.82, 2.24) is 0 Å². The molecule has 1 rings (SSSR count). The first kappa shape index (κ1) is 18.9. The summed E-state index contributed by atoms with van der Waals surface area (Å²) in [5.74, 6) is -0.771. The summed E-state index contributed by atoms with van der Waals surface area (Å²) in [6, 6.07) is 6.87. The summed E-state index contributed by atoms with van der Waals surface area (Å²) < 4.78 is 9.72. The molecule has 0 bridgehead atoms. The van der Waals surface area contributed by atoms with E-state index in [1.165, 1.54) is 0 Å². The quantitative estimate of drug-likeness (QED) is 0.282. The van der Waals surface area contributed by atoms with Gasteiger partial charge in [-0.2, -0.15) is 0 Å². The maximum absolute atomic E-state index is 11.6. The first-order valence-electron chi connectivity index (χ1n) is 7.56. The number of carbonyl (C=O) groups excluding carboxylic acids is 2. The molecule has 0 spiro atoms. The van der Waals surface area contributed by atoms with Gasteiger partial charge >= 0.3 is 12.1 Å². The zero-order valence-electron chi connectivity index (χ0n) is 13.4. The first-order chi connectivity index (χ1) is 11.2. The second kappa shape index (κ2) is 11.4. The number of rotatable bonds is 10. The fraction of sp³-hybridized carbons (Fsp3) is 0.500. The molecule has 128 valence electrons. The molecule has 0 amide bonds. The van der Waals surface area contributed by atoms with E-state index in [0.717, 1.165) is 24.8 Å². The smallest absolute Gasteiger partial charge is 0.430 e. The van der Waals surface area contributed by atoms with Crippen LogP contribution in [0.5, 0.6) is 0 Å². The zero-order valence-corrected chi connectivity index (χ0v) is 13.4. The average molecular weight is 326 g/mol. The van der Waals surface area contributed by atoms with Crippen molar-refractivity contribution in [2.75, 3.05) is 19.8 Å². The number of ether oxygens (including phenoxy) is 2. The summed E-state index contributed by atoms with van der Waals surface area (Å²) in [4.78, 5) is 31.2. The Morgan fingerprint density at radius 3 is 2.30 bits per heavy atom. The zero-order chi connectivity index (χ0) is 16.9. The van der Waals surface area contributed by atoms with Crippen LogP contribution in [0.1, 0.15) is 42.6 Å². The van der Waals surface area contributed by atoms with Crippen molar-refractivity contribution in [3.8, 4) is 0 Å². The second-order valence-corrected chi connectivity index (χ2v) is 4.68. The van der Waals surface area contributed by atoms with Gasteiger partial charge in [-0.3, -0.25) is 4.89 Å². The van der Waals surface area contributed by atoms with Crippen molar-refractivity contribution < 1.29 is 33.9 Å². The Balaban J connectivity index is 2.19. The minimum atomic E-state index is -1.11. The molecule has 0 atom stereocenters. The lowest BCUT2D eigenvalue weighted by Crippen LogP contribution is -2.14. The van der Waals surface area contributed by atoms with E-state index in [-0.39, 0.29) is 18.8 Å². The van der Waals surface area contributed by atoms with Crippen LogP contribution in [-0.2, 0) is 30.7 Å². The Morgan fingerprint density at radius 2 is 1.65 bits per heavy atom. The maximum atomic E-state index is 11.6. The maximum Gasteiger partial charge on any atom is 0.543 e. The number of hydrogen-bond donors (Lipinski definition) is 0. The van der Waals surface area contributed by atoms with Gasteiger partial charge in [0.1, 0.15) is 6.61 Å². The topological polar surface area (TPSA) is 80.3 Å². The van der Waals surface area contributed by atoms with Crippen molar-refractivity contribution in [3.63, 3.8) is 0 Å². The van der Waals surface area contributed by atoms with Gasteiger partial charge in [0.05, 0.1) is 17.2 Å². The van der Waals surface area contributed by atoms with Crippen molar-refractivity contribution in [2.24, 2.45) is 0 Å². The highest BCUT2D eigenvalue weighted by molar-refractivity contribution is 5.88. The van der Waals surface area contributed by atoms with Crippen LogP contribution in [0.2, 0.25) is 0 Å². The lowest BCUT2D eigenvalue weighted by Gasteiger charge is -2.05. The van der Waals surface area contributed by atoms with Crippen LogP contribution in [0.15, 0.2) is 24.3 Å². The molecule has 0 saturated carbocycles. The van der Waals surface area contributed by atoms with E-state index in [2.05, 4.69) is 26.5 Å². The third-order valence-electron chi connectivity index (χ3n) is 2.74. The van der Waals surface area contributed by atoms with Crippen molar-refractivity contribution >= 4 is 12.1 Å². The summed E-state index contributed by atoms with van der Waals surface area (Å²) in [5, 5.41) is 4.10. The number of benzene rings is 1. The minimum absolute atomic E-state index is 0.0228. The molecule has 7 heteroatoms. The largest absolute Gasteiger partial charge is 0.543 e. The van der Waals surface area contributed by atoms with Gasteiger partial charge in [0, 0.05) is 6.61 Å². The molecule has 0 saturated heterocycles. The summed E-state index contributed by atoms with van der Waals surface area (Å²) in [6.07, 6.45) is 1.72. The van der Waals surface area contributed by atoms with Crippen molar-refractivity contribution in [3.05, 3.63) is 35.4 Å². The predicted molar refractivity (Wildman–Crippen MR) is 80.5 cm³/mol. The van der Waals surface area contributed by atoms with Crippen LogP contribution >= 0.6 is 0 Å². The summed E-state index contributed by atoms with van der Waals surface area (Å²) in [7, 11) is 0. The van der Waals surface area contributed by atoms with Crippen LogP contribution in [0.25, 0.3) is 0 Å². The standard InChI is InChI=1S/C16H22O7/c1-3-5-13-6-8-14(9-7-13)15(17)21-23-22-16(18)20-12-11-19-10-4-2/h6-9H,3-5,10-12H2,1-2H3. The molecule has 0 heterocycles. The summed E-state index contributed by atoms with van der Waals surface area (Å²) in [6.45, 7) is 4.91. The van der Waals surface area contributed by atoms with Gasteiger partial charge in [0.2, 0.25) is 0 Å². The molecule has 0 unspecified atom stereocenters. The van der Waals surface area contributed by atoms with Gasteiger partial charge in [-0.05, 0) is 30.5 Å². The third-order valence-corrected chi connectivity index (χ3v) is 2.74. The Morgan fingerprint density at radius 1 is 0.913 bits per heavy atom. The number of hydrogen-bond acceptors (Lipinski definition) is 7. The number of carbonyl (C=O) groups is 2. The third kappa shape index (κ3) is 8.18. The molecule has 0 aliphatic heterocycles. The van der Waals surface area contributed by atoms with Gasteiger partial charge in [-0.25, -0.2) is 14.5 Å². The van der Waals surface area contributed by atoms with E-state index in [9.17, 15) is 9.59 Å². The molecule has 1 aromatic carbocycles. The van der Waals surface area contributed by atoms with Gasteiger partial charge in [-0.15, -0.1) is 0 Å². The van der Waals surface area contributed by atoms with Gasteiger partial charge < -0.3 is 9.47 Å². The van der Waals surface area contributed by atoms with Gasteiger partial charge in [0.15, 0.2) is 0 Å². The van der Waals surface area contributed by atoms with E-state index in [4.69, 9.17) is 4.74 Å². The predicted octanol–water partition coefficient (Wildman–Crippen LogP) is 3.22. The van der Waals surface area contributed by atoms with Crippen LogP contribution in [0.3, 0.4) is 0 Å². The van der Waals surface area contributed by atoms with Crippen molar-refractivity contribution in [2.45, 2.75) is 33.1 Å². The SMILES string of the molecule is CCCOCCOC(=O)OOOC(=O)c1ccc(CCC)cc1. The molecular formula is C16H22O7.